The summed E-state index contributed by atoms with van der Waals surface area (Å²) in [6.45, 7) is 8.25. The van der Waals surface area contributed by atoms with Crippen LogP contribution in [0.1, 0.15) is 26.7 Å². The molecule has 2 N–H and O–H groups in total. The third kappa shape index (κ3) is 2.26. The Bertz CT molecular complexity index is 239. The number of ether oxygens (including phenoxy) is 1. The fraction of sp³-hybridized carbons (Fsp3) is 1.00. The van der Waals surface area contributed by atoms with E-state index in [9.17, 15) is 0 Å². The van der Waals surface area contributed by atoms with Crippen LogP contribution in [0.4, 0.5) is 0 Å². The van der Waals surface area contributed by atoms with Gasteiger partial charge in [-0.1, -0.05) is 6.92 Å². The SMILES string of the molecule is CC1CN(C2(CN)CCCSC2C)CCO1. The topological polar surface area (TPSA) is 38.5 Å². The van der Waals surface area contributed by atoms with Gasteiger partial charge in [0.25, 0.3) is 0 Å². The Morgan fingerprint density at radius 1 is 1.50 bits per heavy atom. The molecule has 0 aromatic rings. The summed E-state index contributed by atoms with van der Waals surface area (Å²) in [5, 5.41) is 0.650. The van der Waals surface area contributed by atoms with Crippen LogP contribution in [0.15, 0.2) is 0 Å². The van der Waals surface area contributed by atoms with Crippen LogP contribution in [0.3, 0.4) is 0 Å². The van der Waals surface area contributed by atoms with E-state index in [1.165, 1.54) is 18.6 Å². The molecule has 2 saturated heterocycles. The molecule has 0 aliphatic carbocycles. The van der Waals surface area contributed by atoms with E-state index in [0.29, 0.717) is 11.4 Å². The highest BCUT2D eigenvalue weighted by Crippen LogP contribution is 2.38. The van der Waals surface area contributed by atoms with Gasteiger partial charge in [0, 0.05) is 30.4 Å². The van der Waals surface area contributed by atoms with Gasteiger partial charge >= 0.3 is 0 Å². The van der Waals surface area contributed by atoms with Crippen LogP contribution in [0.5, 0.6) is 0 Å². The van der Waals surface area contributed by atoms with Gasteiger partial charge in [0.1, 0.15) is 0 Å². The Morgan fingerprint density at radius 3 is 2.94 bits per heavy atom. The first-order valence-electron chi connectivity index (χ1n) is 6.37. The van der Waals surface area contributed by atoms with Crippen molar-refractivity contribution in [2.45, 2.75) is 43.6 Å². The lowest BCUT2D eigenvalue weighted by atomic mass is 9.86. The molecule has 94 valence electrons. The minimum atomic E-state index is 0.223. The molecule has 2 fully saturated rings. The fourth-order valence-corrected chi connectivity index (χ4v) is 4.37. The quantitative estimate of drug-likeness (QED) is 0.795. The Kier molecular flexibility index (Phi) is 4.16. The molecule has 0 saturated carbocycles. The Morgan fingerprint density at radius 2 is 2.31 bits per heavy atom. The number of morpholine rings is 1. The molecule has 16 heavy (non-hydrogen) atoms. The molecule has 0 amide bonds. The second-order valence-corrected chi connectivity index (χ2v) is 6.50. The van der Waals surface area contributed by atoms with Gasteiger partial charge in [-0.15, -0.1) is 0 Å². The molecule has 0 aromatic heterocycles. The van der Waals surface area contributed by atoms with Crippen molar-refractivity contribution < 1.29 is 4.74 Å². The number of nitrogens with zero attached hydrogens (tertiary/aromatic N) is 1. The second-order valence-electron chi connectivity index (χ2n) is 5.05. The van der Waals surface area contributed by atoms with E-state index < -0.39 is 0 Å². The van der Waals surface area contributed by atoms with Crippen molar-refractivity contribution in [3.8, 4) is 0 Å². The minimum absolute atomic E-state index is 0.223. The van der Waals surface area contributed by atoms with E-state index in [0.717, 1.165) is 26.2 Å². The Labute approximate surface area is 103 Å². The fourth-order valence-electron chi connectivity index (χ4n) is 3.03. The predicted molar refractivity (Wildman–Crippen MR) is 69.9 cm³/mol. The van der Waals surface area contributed by atoms with Gasteiger partial charge in [-0.2, -0.15) is 11.8 Å². The van der Waals surface area contributed by atoms with E-state index in [4.69, 9.17) is 10.5 Å². The van der Waals surface area contributed by atoms with Crippen LogP contribution in [-0.4, -0.2) is 53.8 Å². The first-order valence-corrected chi connectivity index (χ1v) is 7.42. The van der Waals surface area contributed by atoms with Crippen LogP contribution >= 0.6 is 11.8 Å². The van der Waals surface area contributed by atoms with Gasteiger partial charge in [0.15, 0.2) is 0 Å². The largest absolute Gasteiger partial charge is 0.376 e. The predicted octanol–water partition coefficient (Wildman–Crippen LogP) is 1.32. The minimum Gasteiger partial charge on any atom is -0.376 e. The van der Waals surface area contributed by atoms with Crippen LogP contribution in [-0.2, 0) is 4.74 Å². The van der Waals surface area contributed by atoms with Crippen molar-refractivity contribution in [3.05, 3.63) is 0 Å². The molecule has 3 atom stereocenters. The monoisotopic (exact) mass is 244 g/mol. The Hall–Kier alpha value is 0.230. The third-order valence-corrected chi connectivity index (χ3v) is 5.57. The molecule has 3 unspecified atom stereocenters. The number of hydrogen-bond acceptors (Lipinski definition) is 4. The first kappa shape index (κ1) is 12.7. The van der Waals surface area contributed by atoms with Crippen molar-refractivity contribution >= 4 is 11.8 Å². The molecule has 0 spiro atoms. The lowest BCUT2D eigenvalue weighted by Gasteiger charge is -2.51. The highest BCUT2D eigenvalue weighted by Gasteiger charge is 2.43. The normalized spacial score (nSPS) is 42.2. The molecule has 0 aromatic carbocycles. The van der Waals surface area contributed by atoms with Crippen molar-refractivity contribution in [3.63, 3.8) is 0 Å². The van der Waals surface area contributed by atoms with Crippen LogP contribution in [0.25, 0.3) is 0 Å². The molecule has 4 heteroatoms. The highest BCUT2D eigenvalue weighted by atomic mass is 32.2. The van der Waals surface area contributed by atoms with Crippen LogP contribution < -0.4 is 5.73 Å². The molecule has 2 heterocycles. The average molecular weight is 244 g/mol. The van der Waals surface area contributed by atoms with E-state index in [-0.39, 0.29) is 5.54 Å². The summed E-state index contributed by atoms with van der Waals surface area (Å²) in [5.41, 5.74) is 6.33. The maximum atomic E-state index is 6.11. The van der Waals surface area contributed by atoms with Gasteiger partial charge in [0.2, 0.25) is 0 Å². The van der Waals surface area contributed by atoms with Crippen molar-refractivity contribution in [2.75, 3.05) is 32.0 Å². The molecular weight excluding hydrogens is 220 g/mol. The first-order chi connectivity index (χ1) is 7.69. The highest BCUT2D eigenvalue weighted by molar-refractivity contribution is 8.00. The number of rotatable bonds is 2. The summed E-state index contributed by atoms with van der Waals surface area (Å²) >= 11 is 2.08. The summed E-state index contributed by atoms with van der Waals surface area (Å²) in [7, 11) is 0. The van der Waals surface area contributed by atoms with Gasteiger partial charge < -0.3 is 10.5 Å². The zero-order valence-corrected chi connectivity index (χ0v) is 11.3. The lowest BCUT2D eigenvalue weighted by Crippen LogP contribution is -2.64. The number of thioether (sulfide) groups is 1. The summed E-state index contributed by atoms with van der Waals surface area (Å²) < 4.78 is 5.63. The van der Waals surface area contributed by atoms with Crippen LogP contribution in [0.2, 0.25) is 0 Å². The summed E-state index contributed by atoms with van der Waals surface area (Å²) in [6, 6.07) is 0. The zero-order chi connectivity index (χ0) is 11.6. The van der Waals surface area contributed by atoms with Crippen LogP contribution in [0, 0.1) is 0 Å². The van der Waals surface area contributed by atoms with Crippen molar-refractivity contribution in [1.29, 1.82) is 0 Å². The number of nitrogens with two attached hydrogens (primary N) is 1. The van der Waals surface area contributed by atoms with Crippen molar-refractivity contribution in [2.24, 2.45) is 5.73 Å². The van der Waals surface area contributed by atoms with Crippen molar-refractivity contribution in [1.82, 2.24) is 4.90 Å². The molecule has 2 rings (SSSR count). The molecule has 2 aliphatic rings. The third-order valence-electron chi connectivity index (χ3n) is 4.10. The smallest absolute Gasteiger partial charge is 0.0674 e. The summed E-state index contributed by atoms with van der Waals surface area (Å²) in [4.78, 5) is 2.60. The van der Waals surface area contributed by atoms with E-state index in [2.05, 4.69) is 30.5 Å². The van der Waals surface area contributed by atoms with E-state index >= 15 is 0 Å². The van der Waals surface area contributed by atoms with Gasteiger partial charge in [-0.05, 0) is 25.5 Å². The average Bonchev–Trinajstić information content (AvgIpc) is 2.30. The summed E-state index contributed by atoms with van der Waals surface area (Å²) in [5.74, 6) is 1.29. The maximum absolute atomic E-state index is 6.11. The van der Waals surface area contributed by atoms with Gasteiger partial charge in [-0.3, -0.25) is 4.90 Å². The Balaban J connectivity index is 2.12. The van der Waals surface area contributed by atoms with E-state index in [1.807, 2.05) is 0 Å². The second kappa shape index (κ2) is 5.25. The standard InChI is InChI=1S/C12H24N2OS/c1-10-8-14(5-6-15-10)12(9-13)4-3-7-16-11(12)2/h10-11H,3-9,13H2,1-2H3. The summed E-state index contributed by atoms with van der Waals surface area (Å²) in [6.07, 6.45) is 2.92. The molecule has 0 radical (unpaired) electrons. The lowest BCUT2D eigenvalue weighted by molar-refractivity contribution is -0.0634. The molecule has 0 bridgehead atoms. The molecule has 3 nitrogen and oxygen atoms in total. The van der Waals surface area contributed by atoms with Gasteiger partial charge in [-0.25, -0.2) is 0 Å². The van der Waals surface area contributed by atoms with E-state index in [1.54, 1.807) is 0 Å². The number of hydrogen-bond donors (Lipinski definition) is 1. The van der Waals surface area contributed by atoms with Gasteiger partial charge in [0.05, 0.1) is 12.7 Å². The zero-order valence-electron chi connectivity index (χ0n) is 10.4. The molecular formula is C12H24N2OS. The maximum Gasteiger partial charge on any atom is 0.0674 e. The molecule has 2 aliphatic heterocycles.